The molecule has 0 radical (unpaired) electrons. The van der Waals surface area contributed by atoms with Crippen LogP contribution in [0.5, 0.6) is 5.75 Å². The quantitative estimate of drug-likeness (QED) is 0.227. The highest BCUT2D eigenvalue weighted by Crippen LogP contribution is 2.49. The number of fused-ring (bicyclic) bond motifs is 1. The van der Waals surface area contributed by atoms with Crippen molar-refractivity contribution < 1.29 is 13.9 Å². The van der Waals surface area contributed by atoms with Crippen molar-refractivity contribution in [2.24, 2.45) is 5.41 Å². The van der Waals surface area contributed by atoms with Crippen LogP contribution in [-0.2, 0) is 5.54 Å². The van der Waals surface area contributed by atoms with Gasteiger partial charge in [-0.05, 0) is 87.5 Å². The van der Waals surface area contributed by atoms with Gasteiger partial charge in [-0.15, -0.1) is 0 Å². The van der Waals surface area contributed by atoms with Crippen LogP contribution in [0, 0.1) is 11.2 Å². The van der Waals surface area contributed by atoms with Gasteiger partial charge in [0.05, 0.1) is 23.2 Å². The van der Waals surface area contributed by atoms with Gasteiger partial charge >= 0.3 is 0 Å². The Morgan fingerprint density at radius 1 is 1.00 bits per heavy atom. The van der Waals surface area contributed by atoms with Crippen LogP contribution in [0.15, 0.2) is 36.4 Å². The van der Waals surface area contributed by atoms with Crippen LogP contribution in [0.4, 0.5) is 10.1 Å². The summed E-state index contributed by atoms with van der Waals surface area (Å²) in [5.74, 6) is 1.77. The molecule has 45 heavy (non-hydrogen) atoms. The van der Waals surface area contributed by atoms with E-state index in [9.17, 15) is 9.18 Å². The highest BCUT2D eigenvalue weighted by Gasteiger charge is 2.45. The van der Waals surface area contributed by atoms with Gasteiger partial charge in [-0.3, -0.25) is 9.89 Å². The zero-order valence-electron chi connectivity index (χ0n) is 25.7. The Bertz CT molecular complexity index is 1520. The number of nitrogens with zero attached hydrogens (tertiary/aromatic N) is 2. The Hall–Kier alpha value is -3.21. The Morgan fingerprint density at radius 3 is 2.64 bits per heavy atom. The molecule has 11 heteroatoms. The third-order valence-corrected chi connectivity index (χ3v) is 10.9. The fourth-order valence-corrected chi connectivity index (χ4v) is 8.36. The van der Waals surface area contributed by atoms with Crippen molar-refractivity contribution in [3.63, 3.8) is 0 Å². The van der Waals surface area contributed by atoms with E-state index in [-0.39, 0.29) is 11.3 Å². The number of amides is 1. The summed E-state index contributed by atoms with van der Waals surface area (Å²) >= 11 is 6.27. The molecule has 4 aliphatic rings. The van der Waals surface area contributed by atoms with Gasteiger partial charge in [0.1, 0.15) is 22.9 Å². The number of benzene rings is 2. The van der Waals surface area contributed by atoms with Crippen LogP contribution < -0.4 is 26.0 Å². The number of piperidine rings is 2. The number of hydrogen-bond acceptors (Lipinski definition) is 7. The van der Waals surface area contributed by atoms with E-state index >= 15 is 0 Å². The minimum absolute atomic E-state index is 0.237. The number of nitrogens with one attached hydrogen (secondary N) is 5. The first kappa shape index (κ1) is 30.4. The molecule has 1 aliphatic carbocycles. The predicted octanol–water partition coefficient (Wildman–Crippen LogP) is 5.96. The van der Waals surface area contributed by atoms with Gasteiger partial charge in [0, 0.05) is 30.1 Å². The minimum Gasteiger partial charge on any atom is -0.491 e. The van der Waals surface area contributed by atoms with Gasteiger partial charge in [-0.2, -0.15) is 5.10 Å². The molecule has 7 rings (SSSR count). The summed E-state index contributed by atoms with van der Waals surface area (Å²) in [6.45, 7) is 4.08. The lowest BCUT2D eigenvalue weighted by atomic mass is 9.66. The first-order valence-corrected chi connectivity index (χ1v) is 17.0. The lowest BCUT2D eigenvalue weighted by molar-refractivity contribution is 0.0923. The maximum atomic E-state index is 14.8. The highest BCUT2D eigenvalue weighted by atomic mass is 35.5. The Balaban J connectivity index is 1.12. The molecule has 1 amide bonds. The van der Waals surface area contributed by atoms with Gasteiger partial charge in [-0.25, -0.2) is 9.37 Å². The zero-order valence-corrected chi connectivity index (χ0v) is 26.4. The Morgan fingerprint density at radius 2 is 1.82 bits per heavy atom. The lowest BCUT2D eigenvalue weighted by Crippen LogP contribution is -2.46. The molecule has 2 atom stereocenters. The van der Waals surface area contributed by atoms with Gasteiger partial charge < -0.3 is 26.0 Å². The third kappa shape index (κ3) is 6.04. The number of carbonyl (C=O) groups excluding carboxylic acids is 1. The van der Waals surface area contributed by atoms with Crippen LogP contribution in [-0.4, -0.2) is 53.9 Å². The first-order valence-electron chi connectivity index (χ1n) is 16.6. The second-order valence-corrected chi connectivity index (χ2v) is 13.7. The molecule has 1 spiro atoms. The van der Waals surface area contributed by atoms with E-state index in [2.05, 4.69) is 26.4 Å². The molecule has 2 aromatic carbocycles. The number of ether oxygens (including phenoxy) is 1. The van der Waals surface area contributed by atoms with Gasteiger partial charge in [-0.1, -0.05) is 43.4 Å². The largest absolute Gasteiger partial charge is 0.491 e. The number of anilines is 1. The Labute approximate surface area is 268 Å². The van der Waals surface area contributed by atoms with Crippen LogP contribution in [0.1, 0.15) is 104 Å². The van der Waals surface area contributed by atoms with E-state index in [4.69, 9.17) is 26.4 Å². The molecule has 1 aromatic heterocycles. The SMILES string of the molecule is O=C(N[C@H]1CCOc2c(Cl)ccc(F)c21)c1cccc(NC2(c3n[nH]c(C4CCNCC45CCCCCC5)n3)CCNCC2)c1. The van der Waals surface area contributed by atoms with E-state index in [1.54, 1.807) is 6.07 Å². The molecule has 3 fully saturated rings. The van der Waals surface area contributed by atoms with Crippen molar-refractivity contribution >= 4 is 23.2 Å². The maximum Gasteiger partial charge on any atom is 0.251 e. The van der Waals surface area contributed by atoms with Crippen molar-refractivity contribution in [2.45, 2.75) is 81.7 Å². The van der Waals surface area contributed by atoms with E-state index in [0.717, 1.165) is 62.8 Å². The minimum atomic E-state index is -0.536. The highest BCUT2D eigenvalue weighted by molar-refractivity contribution is 6.32. The van der Waals surface area contributed by atoms with Crippen molar-refractivity contribution in [1.29, 1.82) is 0 Å². The van der Waals surface area contributed by atoms with E-state index in [0.29, 0.717) is 40.8 Å². The molecule has 0 bridgehead atoms. The maximum absolute atomic E-state index is 14.8. The molecular formula is C34H43ClFN7O2. The molecule has 9 nitrogen and oxygen atoms in total. The van der Waals surface area contributed by atoms with Crippen molar-refractivity contribution in [1.82, 2.24) is 31.1 Å². The molecular weight excluding hydrogens is 593 g/mol. The summed E-state index contributed by atoms with van der Waals surface area (Å²) in [5, 5.41) is 22.6. The normalized spacial score (nSPS) is 24.2. The fraction of sp³-hybridized carbons (Fsp3) is 0.559. The molecule has 5 N–H and O–H groups in total. The molecule has 4 heterocycles. The number of aromatic amines is 1. The summed E-state index contributed by atoms with van der Waals surface area (Å²) in [4.78, 5) is 18.7. The van der Waals surface area contributed by atoms with Crippen LogP contribution in [0.25, 0.3) is 0 Å². The number of hydrogen-bond donors (Lipinski definition) is 5. The lowest BCUT2D eigenvalue weighted by Gasteiger charge is -2.43. The number of rotatable bonds is 6. The summed E-state index contributed by atoms with van der Waals surface area (Å²) in [6.07, 6.45) is 10.8. The topological polar surface area (TPSA) is 116 Å². The van der Waals surface area contributed by atoms with E-state index < -0.39 is 17.4 Å². The molecule has 1 saturated carbocycles. The van der Waals surface area contributed by atoms with Crippen molar-refractivity contribution in [3.8, 4) is 5.75 Å². The number of aromatic nitrogens is 3. The number of halogens is 2. The summed E-state index contributed by atoms with van der Waals surface area (Å²) in [7, 11) is 0. The second-order valence-electron chi connectivity index (χ2n) is 13.3. The van der Waals surface area contributed by atoms with E-state index in [1.807, 2.05) is 18.2 Å². The second kappa shape index (κ2) is 12.9. The standard InChI is InChI=1S/C34H43ClFN7O2/c35-25-8-9-26(36)28-27(11-19-45-29(25)28)39-31(44)22-6-5-7-23(20-22)41-34(14-17-37-18-15-34)32-40-30(42-43-32)24-10-16-38-21-33(24)12-3-1-2-4-13-33/h5-9,20,24,27,37-38,41H,1-4,10-19,21H2,(H,39,44)(H,40,42,43)/t24?,27-/m0/s1. The van der Waals surface area contributed by atoms with Crippen LogP contribution in [0.2, 0.25) is 5.02 Å². The van der Waals surface area contributed by atoms with Crippen molar-refractivity contribution in [2.75, 3.05) is 38.1 Å². The van der Waals surface area contributed by atoms with Crippen LogP contribution >= 0.6 is 11.6 Å². The molecule has 240 valence electrons. The summed E-state index contributed by atoms with van der Waals surface area (Å²) < 4.78 is 20.4. The summed E-state index contributed by atoms with van der Waals surface area (Å²) in [5.41, 5.74) is 1.36. The first-order chi connectivity index (χ1) is 22.0. The zero-order chi connectivity index (χ0) is 30.9. The van der Waals surface area contributed by atoms with Gasteiger partial charge in [0.15, 0.2) is 5.82 Å². The smallest absolute Gasteiger partial charge is 0.251 e. The summed E-state index contributed by atoms with van der Waals surface area (Å²) in [6, 6.07) is 9.73. The Kier molecular flexibility index (Phi) is 8.72. The van der Waals surface area contributed by atoms with Crippen LogP contribution in [0.3, 0.4) is 0 Å². The molecule has 3 aromatic rings. The van der Waals surface area contributed by atoms with Crippen molar-refractivity contribution in [3.05, 3.63) is 70.0 Å². The number of H-pyrrole nitrogens is 1. The van der Waals surface area contributed by atoms with E-state index in [1.165, 1.54) is 50.7 Å². The van der Waals surface area contributed by atoms with Gasteiger partial charge in [0.2, 0.25) is 0 Å². The fourth-order valence-electron chi connectivity index (χ4n) is 8.14. The average Bonchev–Trinajstić information content (AvgIpc) is 3.45. The number of carbonyl (C=O) groups is 1. The predicted molar refractivity (Wildman–Crippen MR) is 172 cm³/mol. The average molecular weight is 636 g/mol. The molecule has 2 saturated heterocycles. The molecule has 1 unspecified atom stereocenters. The monoisotopic (exact) mass is 635 g/mol. The van der Waals surface area contributed by atoms with Gasteiger partial charge in [0.25, 0.3) is 5.91 Å². The molecule has 3 aliphatic heterocycles. The third-order valence-electron chi connectivity index (χ3n) is 10.6.